The summed E-state index contributed by atoms with van der Waals surface area (Å²) in [5.41, 5.74) is 0.517. The molecule has 0 heterocycles. The Morgan fingerprint density at radius 3 is 2.33 bits per heavy atom. The highest BCUT2D eigenvalue weighted by atomic mass is 16.3. The largest absolute Gasteiger partial charge is 0.508 e. The van der Waals surface area contributed by atoms with E-state index in [0.29, 0.717) is 5.56 Å². The van der Waals surface area contributed by atoms with Gasteiger partial charge >= 0.3 is 0 Å². The van der Waals surface area contributed by atoms with Crippen molar-refractivity contribution in [3.05, 3.63) is 54.6 Å². The number of hydrogen-bond donors (Lipinski definition) is 2. The van der Waals surface area contributed by atoms with Gasteiger partial charge in [0.2, 0.25) is 11.8 Å². The number of carbonyl (C=O) groups is 2. The molecule has 24 heavy (non-hydrogen) atoms. The van der Waals surface area contributed by atoms with E-state index in [0.717, 1.165) is 4.90 Å². The zero-order chi connectivity index (χ0) is 18.3. The van der Waals surface area contributed by atoms with Gasteiger partial charge in [-0.1, -0.05) is 37.3 Å². The molecule has 1 rings (SSSR count). The number of rotatable bonds is 7. The monoisotopic (exact) mass is 331 g/mol. The van der Waals surface area contributed by atoms with Crippen molar-refractivity contribution in [3.8, 4) is 5.75 Å². The number of phenolic OH excluding ortho intramolecular Hbond substituents is 1. The van der Waals surface area contributed by atoms with E-state index in [9.17, 15) is 19.8 Å². The highest BCUT2D eigenvalue weighted by molar-refractivity contribution is 5.97. The number of nitrogens with zero attached hydrogens (tertiary/aromatic N) is 1. The Balaban J connectivity index is 3.12. The molecule has 0 aliphatic carbocycles. The topological polar surface area (TPSA) is 77.8 Å². The van der Waals surface area contributed by atoms with Crippen LogP contribution in [0.1, 0.15) is 38.9 Å². The van der Waals surface area contributed by atoms with Gasteiger partial charge in [0, 0.05) is 6.42 Å². The minimum absolute atomic E-state index is 0.0148. The molecule has 0 fully saturated rings. The number of phenols is 1. The van der Waals surface area contributed by atoms with Crippen molar-refractivity contribution in [1.82, 2.24) is 4.90 Å². The summed E-state index contributed by atoms with van der Waals surface area (Å²) >= 11 is 0. The zero-order valence-corrected chi connectivity index (χ0v) is 14.3. The SMILES string of the molecule is C=CCC(=O)N(C(=O)C(C)/C=C\C)C(C)C(O)c1ccc(O)cc1. The molecule has 2 amide bonds. The van der Waals surface area contributed by atoms with Crippen LogP contribution in [0.4, 0.5) is 0 Å². The molecule has 0 saturated carbocycles. The Morgan fingerprint density at radius 1 is 1.25 bits per heavy atom. The van der Waals surface area contributed by atoms with Gasteiger partial charge in [0.15, 0.2) is 0 Å². The van der Waals surface area contributed by atoms with Crippen LogP contribution in [0.3, 0.4) is 0 Å². The number of hydrogen-bond acceptors (Lipinski definition) is 4. The van der Waals surface area contributed by atoms with Crippen LogP contribution in [-0.2, 0) is 9.59 Å². The lowest BCUT2D eigenvalue weighted by molar-refractivity contribution is -0.151. The summed E-state index contributed by atoms with van der Waals surface area (Å²) in [6, 6.07) is 5.28. The Morgan fingerprint density at radius 2 is 1.83 bits per heavy atom. The number of aliphatic hydroxyl groups is 1. The maximum Gasteiger partial charge on any atom is 0.236 e. The van der Waals surface area contributed by atoms with Gasteiger partial charge in [0.05, 0.1) is 18.1 Å². The van der Waals surface area contributed by atoms with E-state index in [2.05, 4.69) is 6.58 Å². The Bertz CT molecular complexity index is 606. The molecule has 0 aliphatic heterocycles. The third kappa shape index (κ3) is 4.80. The van der Waals surface area contributed by atoms with Gasteiger partial charge in [0.1, 0.15) is 5.75 Å². The van der Waals surface area contributed by atoms with Crippen molar-refractivity contribution in [2.75, 3.05) is 0 Å². The highest BCUT2D eigenvalue weighted by Gasteiger charge is 2.33. The average molecular weight is 331 g/mol. The van der Waals surface area contributed by atoms with Crippen molar-refractivity contribution < 1.29 is 19.8 Å². The van der Waals surface area contributed by atoms with Gasteiger partial charge < -0.3 is 10.2 Å². The predicted octanol–water partition coefficient (Wildman–Crippen LogP) is 2.96. The first kappa shape index (κ1) is 19.6. The summed E-state index contributed by atoms with van der Waals surface area (Å²) in [4.78, 5) is 26.1. The zero-order valence-electron chi connectivity index (χ0n) is 14.3. The molecule has 0 aliphatic rings. The lowest BCUT2D eigenvalue weighted by Gasteiger charge is -2.32. The van der Waals surface area contributed by atoms with Crippen LogP contribution in [0, 0.1) is 5.92 Å². The van der Waals surface area contributed by atoms with Crippen molar-refractivity contribution >= 4 is 11.8 Å². The van der Waals surface area contributed by atoms with Gasteiger partial charge in [-0.3, -0.25) is 14.5 Å². The quantitative estimate of drug-likeness (QED) is 0.753. The molecular formula is C19H25NO4. The lowest BCUT2D eigenvalue weighted by Crippen LogP contribution is -2.47. The van der Waals surface area contributed by atoms with Gasteiger partial charge in [-0.15, -0.1) is 6.58 Å². The molecule has 2 N–H and O–H groups in total. The number of amides is 2. The standard InChI is InChI=1S/C19H25NO4/c1-5-7-13(3)19(24)20(17(22)8-6-2)14(4)18(23)15-9-11-16(21)12-10-15/h5-7,9-14,18,21,23H,2,8H2,1,3-4H3/b7-5-. The summed E-state index contributed by atoms with van der Waals surface area (Å²) in [5.74, 6) is -1.17. The average Bonchev–Trinajstić information content (AvgIpc) is 2.55. The molecular weight excluding hydrogens is 306 g/mol. The van der Waals surface area contributed by atoms with Crippen molar-refractivity contribution in [2.45, 2.75) is 39.3 Å². The van der Waals surface area contributed by atoms with Gasteiger partial charge in [-0.2, -0.15) is 0 Å². The molecule has 0 bridgehead atoms. The highest BCUT2D eigenvalue weighted by Crippen LogP contribution is 2.25. The molecule has 5 nitrogen and oxygen atoms in total. The summed E-state index contributed by atoms with van der Waals surface area (Å²) < 4.78 is 0. The third-order valence-corrected chi connectivity index (χ3v) is 3.79. The summed E-state index contributed by atoms with van der Waals surface area (Å²) in [5, 5.41) is 19.9. The van der Waals surface area contributed by atoms with Crippen LogP contribution in [0.15, 0.2) is 49.1 Å². The maximum atomic E-state index is 12.6. The van der Waals surface area contributed by atoms with E-state index in [4.69, 9.17) is 0 Å². The normalized spacial score (nSPS) is 14.8. The molecule has 0 spiro atoms. The number of carbonyl (C=O) groups excluding carboxylic acids is 2. The van der Waals surface area contributed by atoms with Crippen LogP contribution >= 0.6 is 0 Å². The summed E-state index contributed by atoms with van der Waals surface area (Å²) in [6.07, 6.45) is 3.85. The molecule has 130 valence electrons. The summed E-state index contributed by atoms with van der Waals surface area (Å²) in [6.45, 7) is 8.66. The van der Waals surface area contributed by atoms with Gasteiger partial charge in [-0.05, 0) is 31.5 Å². The fourth-order valence-corrected chi connectivity index (χ4v) is 2.45. The van der Waals surface area contributed by atoms with E-state index >= 15 is 0 Å². The smallest absolute Gasteiger partial charge is 0.236 e. The Kier molecular flexibility index (Phi) is 7.39. The fraction of sp³-hybridized carbons (Fsp3) is 0.368. The van der Waals surface area contributed by atoms with Crippen LogP contribution in [0.25, 0.3) is 0 Å². The van der Waals surface area contributed by atoms with Crippen molar-refractivity contribution in [1.29, 1.82) is 0 Å². The predicted molar refractivity (Wildman–Crippen MR) is 93.2 cm³/mol. The van der Waals surface area contributed by atoms with Gasteiger partial charge in [-0.25, -0.2) is 0 Å². The van der Waals surface area contributed by atoms with Gasteiger partial charge in [0.25, 0.3) is 0 Å². The second-order valence-corrected chi connectivity index (χ2v) is 5.69. The number of aromatic hydroxyl groups is 1. The van der Waals surface area contributed by atoms with E-state index in [1.807, 2.05) is 0 Å². The number of aliphatic hydroxyl groups excluding tert-OH is 1. The Hall–Kier alpha value is -2.40. The van der Waals surface area contributed by atoms with Crippen molar-refractivity contribution in [2.24, 2.45) is 5.92 Å². The lowest BCUT2D eigenvalue weighted by atomic mass is 9.99. The molecule has 0 aromatic heterocycles. The van der Waals surface area contributed by atoms with Crippen LogP contribution in [0.2, 0.25) is 0 Å². The Labute approximate surface area is 142 Å². The fourth-order valence-electron chi connectivity index (χ4n) is 2.45. The number of benzene rings is 1. The molecule has 1 aromatic carbocycles. The number of allylic oxidation sites excluding steroid dienone is 1. The first-order chi connectivity index (χ1) is 11.3. The van der Waals surface area contributed by atoms with E-state index in [-0.39, 0.29) is 18.1 Å². The van der Waals surface area contributed by atoms with Crippen LogP contribution < -0.4 is 0 Å². The molecule has 3 unspecified atom stereocenters. The number of imide groups is 1. The van der Waals surface area contributed by atoms with E-state index in [1.165, 1.54) is 18.2 Å². The first-order valence-corrected chi connectivity index (χ1v) is 7.90. The van der Waals surface area contributed by atoms with Crippen molar-refractivity contribution in [3.63, 3.8) is 0 Å². The molecule has 0 radical (unpaired) electrons. The minimum Gasteiger partial charge on any atom is -0.508 e. The third-order valence-electron chi connectivity index (χ3n) is 3.79. The molecule has 3 atom stereocenters. The molecule has 1 aromatic rings. The van der Waals surface area contributed by atoms with Crippen LogP contribution in [0.5, 0.6) is 5.75 Å². The summed E-state index contributed by atoms with van der Waals surface area (Å²) in [7, 11) is 0. The van der Waals surface area contributed by atoms with Crippen LogP contribution in [-0.4, -0.2) is 33.0 Å². The van der Waals surface area contributed by atoms with E-state index < -0.39 is 24.0 Å². The molecule has 0 saturated heterocycles. The molecule has 5 heteroatoms. The first-order valence-electron chi connectivity index (χ1n) is 7.90. The maximum absolute atomic E-state index is 12.6. The second kappa shape index (κ2) is 9.03. The van der Waals surface area contributed by atoms with E-state index in [1.54, 1.807) is 45.1 Å². The second-order valence-electron chi connectivity index (χ2n) is 5.69. The minimum atomic E-state index is -1.05.